The molecule has 0 radical (unpaired) electrons. The summed E-state index contributed by atoms with van der Waals surface area (Å²) in [4.78, 5) is 21.2. The second-order valence-corrected chi connectivity index (χ2v) is 8.17. The van der Waals surface area contributed by atoms with Crippen molar-refractivity contribution in [2.24, 2.45) is 0 Å². The van der Waals surface area contributed by atoms with Crippen LogP contribution in [0.3, 0.4) is 0 Å². The fourth-order valence-electron chi connectivity index (χ4n) is 3.45. The van der Waals surface area contributed by atoms with E-state index in [1.54, 1.807) is 12.1 Å². The van der Waals surface area contributed by atoms with Crippen LogP contribution in [0.5, 0.6) is 0 Å². The van der Waals surface area contributed by atoms with Crippen molar-refractivity contribution in [2.45, 2.75) is 19.4 Å². The molecule has 4 rings (SSSR count). The van der Waals surface area contributed by atoms with Gasteiger partial charge in [0.2, 0.25) is 17.6 Å². The summed E-state index contributed by atoms with van der Waals surface area (Å²) >= 11 is 11.8. The highest BCUT2D eigenvalue weighted by Gasteiger charge is 2.21. The zero-order valence-electron chi connectivity index (χ0n) is 16.4. The molecule has 6 nitrogen and oxygen atoms in total. The third-order valence-corrected chi connectivity index (χ3v) is 5.67. The van der Waals surface area contributed by atoms with Crippen molar-refractivity contribution < 1.29 is 9.32 Å². The van der Waals surface area contributed by atoms with Gasteiger partial charge in [-0.15, -0.1) is 0 Å². The Bertz CT molecular complexity index is 981. The highest BCUT2D eigenvalue weighted by atomic mass is 35.5. The second kappa shape index (κ2) is 9.60. The average Bonchev–Trinajstić information content (AvgIpc) is 3.24. The van der Waals surface area contributed by atoms with Gasteiger partial charge >= 0.3 is 0 Å². The maximum absolute atomic E-state index is 12.6. The zero-order valence-corrected chi connectivity index (χ0v) is 17.9. The van der Waals surface area contributed by atoms with E-state index in [1.807, 2.05) is 41.3 Å². The molecule has 1 saturated heterocycles. The first-order valence-corrected chi connectivity index (χ1v) is 10.7. The molecule has 0 atom stereocenters. The van der Waals surface area contributed by atoms with Crippen molar-refractivity contribution in [1.29, 1.82) is 0 Å². The van der Waals surface area contributed by atoms with Gasteiger partial charge in [0.15, 0.2) is 0 Å². The van der Waals surface area contributed by atoms with Gasteiger partial charge in [-0.05, 0) is 42.0 Å². The van der Waals surface area contributed by atoms with E-state index in [0.29, 0.717) is 29.6 Å². The summed E-state index contributed by atoms with van der Waals surface area (Å²) in [5.41, 5.74) is 2.06. The highest BCUT2D eigenvalue weighted by molar-refractivity contribution is 6.30. The molecule has 30 heavy (non-hydrogen) atoms. The second-order valence-electron chi connectivity index (χ2n) is 7.30. The van der Waals surface area contributed by atoms with Gasteiger partial charge in [0.25, 0.3) is 0 Å². The number of hydrogen-bond donors (Lipinski definition) is 0. The largest absolute Gasteiger partial charge is 0.340 e. The SMILES string of the molecule is O=C(CCc1nc(-c2ccc(Cl)cc2)no1)N1CCN(Cc2ccc(Cl)cc2)CC1. The number of aromatic nitrogens is 2. The molecule has 0 saturated carbocycles. The molecule has 3 aromatic rings. The number of hydrogen-bond acceptors (Lipinski definition) is 5. The van der Waals surface area contributed by atoms with E-state index in [4.69, 9.17) is 27.7 Å². The third kappa shape index (κ3) is 5.39. The summed E-state index contributed by atoms with van der Waals surface area (Å²) in [7, 11) is 0. The summed E-state index contributed by atoms with van der Waals surface area (Å²) in [6, 6.07) is 15.1. The van der Waals surface area contributed by atoms with Crippen LogP contribution < -0.4 is 0 Å². The van der Waals surface area contributed by atoms with Gasteiger partial charge in [0, 0.05) is 61.2 Å². The standard InChI is InChI=1S/C22H22Cl2N4O2/c23-18-5-1-16(2-6-18)15-27-11-13-28(14-12-27)21(29)10-9-20-25-22(26-30-20)17-3-7-19(24)8-4-17/h1-8H,9-15H2. The maximum Gasteiger partial charge on any atom is 0.227 e. The quantitative estimate of drug-likeness (QED) is 0.566. The van der Waals surface area contributed by atoms with Crippen molar-refractivity contribution in [2.75, 3.05) is 26.2 Å². The number of rotatable bonds is 6. The van der Waals surface area contributed by atoms with Gasteiger partial charge in [-0.1, -0.05) is 40.5 Å². The normalized spacial score (nSPS) is 14.8. The van der Waals surface area contributed by atoms with E-state index in [9.17, 15) is 4.79 Å². The topological polar surface area (TPSA) is 62.5 Å². The minimum Gasteiger partial charge on any atom is -0.340 e. The van der Waals surface area contributed by atoms with Crippen LogP contribution in [0.15, 0.2) is 53.1 Å². The fraction of sp³-hybridized carbons (Fsp3) is 0.318. The molecule has 1 aliphatic rings. The number of aryl methyl sites for hydroxylation is 1. The molecule has 0 aliphatic carbocycles. The van der Waals surface area contributed by atoms with E-state index in [2.05, 4.69) is 15.0 Å². The van der Waals surface area contributed by atoms with Crippen LogP contribution in [0, 0.1) is 0 Å². The number of piperazine rings is 1. The molecule has 1 amide bonds. The van der Waals surface area contributed by atoms with Gasteiger partial charge in [0.1, 0.15) is 0 Å². The maximum atomic E-state index is 12.6. The van der Waals surface area contributed by atoms with Crippen molar-refractivity contribution in [1.82, 2.24) is 19.9 Å². The van der Waals surface area contributed by atoms with E-state index in [-0.39, 0.29) is 5.91 Å². The number of benzene rings is 2. The van der Waals surface area contributed by atoms with Crippen molar-refractivity contribution >= 4 is 29.1 Å². The highest BCUT2D eigenvalue weighted by Crippen LogP contribution is 2.19. The summed E-state index contributed by atoms with van der Waals surface area (Å²) in [5.74, 6) is 1.09. The Labute approximate surface area is 185 Å². The first-order chi connectivity index (χ1) is 14.6. The Hall–Kier alpha value is -2.41. The minimum absolute atomic E-state index is 0.118. The van der Waals surface area contributed by atoms with Gasteiger partial charge in [0.05, 0.1) is 0 Å². The molecule has 0 unspecified atom stereocenters. The predicted octanol–water partition coefficient (Wildman–Crippen LogP) is 4.32. The molecule has 1 aliphatic heterocycles. The summed E-state index contributed by atoms with van der Waals surface area (Å²) in [6.07, 6.45) is 0.795. The molecular weight excluding hydrogens is 423 g/mol. The Morgan fingerprint density at radius 2 is 1.57 bits per heavy atom. The molecule has 0 N–H and O–H groups in total. The van der Waals surface area contributed by atoms with Crippen LogP contribution in [0.1, 0.15) is 17.9 Å². The Balaban J connectivity index is 1.23. The summed E-state index contributed by atoms with van der Waals surface area (Å²) in [6.45, 7) is 4.04. The van der Waals surface area contributed by atoms with Crippen LogP contribution in [-0.2, 0) is 17.8 Å². The van der Waals surface area contributed by atoms with Crippen LogP contribution in [-0.4, -0.2) is 52.0 Å². The Morgan fingerprint density at radius 3 is 2.23 bits per heavy atom. The summed E-state index contributed by atoms with van der Waals surface area (Å²) in [5, 5.41) is 5.39. The average molecular weight is 445 g/mol. The Morgan fingerprint density at radius 1 is 0.933 bits per heavy atom. The van der Waals surface area contributed by atoms with Gasteiger partial charge < -0.3 is 9.42 Å². The molecule has 1 fully saturated rings. The smallest absolute Gasteiger partial charge is 0.227 e. The van der Waals surface area contributed by atoms with Crippen LogP contribution in [0.4, 0.5) is 0 Å². The van der Waals surface area contributed by atoms with E-state index < -0.39 is 0 Å². The van der Waals surface area contributed by atoms with Gasteiger partial charge in [-0.2, -0.15) is 4.98 Å². The molecule has 2 heterocycles. The number of amides is 1. The molecule has 0 spiro atoms. The van der Waals surface area contributed by atoms with Crippen LogP contribution >= 0.6 is 23.2 Å². The fourth-order valence-corrected chi connectivity index (χ4v) is 3.70. The molecule has 156 valence electrons. The van der Waals surface area contributed by atoms with Crippen LogP contribution in [0.25, 0.3) is 11.4 Å². The molecular formula is C22H22Cl2N4O2. The lowest BCUT2D eigenvalue weighted by atomic mass is 10.2. The minimum atomic E-state index is 0.118. The van der Waals surface area contributed by atoms with Crippen molar-refractivity contribution in [3.63, 3.8) is 0 Å². The third-order valence-electron chi connectivity index (χ3n) is 5.17. The van der Waals surface area contributed by atoms with Crippen molar-refractivity contribution in [3.8, 4) is 11.4 Å². The lowest BCUT2D eigenvalue weighted by Gasteiger charge is -2.34. The van der Waals surface area contributed by atoms with Gasteiger partial charge in [-0.25, -0.2) is 0 Å². The van der Waals surface area contributed by atoms with Crippen LogP contribution in [0.2, 0.25) is 10.0 Å². The summed E-state index contributed by atoms with van der Waals surface area (Å²) < 4.78 is 5.30. The first kappa shape index (κ1) is 20.8. The van der Waals surface area contributed by atoms with E-state index >= 15 is 0 Å². The Kier molecular flexibility index (Phi) is 6.67. The lowest BCUT2D eigenvalue weighted by Crippen LogP contribution is -2.48. The number of carbonyl (C=O) groups excluding carboxylic acids is 1. The number of halogens is 2. The molecule has 0 bridgehead atoms. The zero-order chi connectivity index (χ0) is 20.9. The monoisotopic (exact) mass is 444 g/mol. The van der Waals surface area contributed by atoms with Gasteiger partial charge in [-0.3, -0.25) is 9.69 Å². The lowest BCUT2D eigenvalue weighted by molar-refractivity contribution is -0.133. The number of nitrogens with zero attached hydrogens (tertiary/aromatic N) is 4. The van der Waals surface area contributed by atoms with Crippen molar-refractivity contribution in [3.05, 3.63) is 70.0 Å². The first-order valence-electron chi connectivity index (χ1n) is 9.90. The molecule has 8 heteroatoms. The number of carbonyl (C=O) groups is 1. The molecule has 1 aromatic heterocycles. The van der Waals surface area contributed by atoms with E-state index in [0.717, 1.165) is 43.3 Å². The molecule has 2 aromatic carbocycles. The predicted molar refractivity (Wildman–Crippen MR) is 116 cm³/mol. The van der Waals surface area contributed by atoms with E-state index in [1.165, 1.54) is 5.56 Å².